The Morgan fingerprint density at radius 2 is 1.53 bits per heavy atom. The number of fused-ring (bicyclic) bond motifs is 3. The molecular formula is C26H20N2O2. The van der Waals surface area contributed by atoms with E-state index < -0.39 is 0 Å². The van der Waals surface area contributed by atoms with Gasteiger partial charge in [-0.1, -0.05) is 54.1 Å². The maximum atomic E-state index is 11.1. The van der Waals surface area contributed by atoms with Gasteiger partial charge in [0, 0.05) is 23.3 Å². The first kappa shape index (κ1) is 18.3. The summed E-state index contributed by atoms with van der Waals surface area (Å²) >= 11 is 0. The van der Waals surface area contributed by atoms with Crippen molar-refractivity contribution in [1.82, 2.24) is 4.98 Å². The summed E-state index contributed by atoms with van der Waals surface area (Å²) < 4.78 is 0. The molecule has 4 heteroatoms. The molecule has 1 aliphatic carbocycles. The first-order valence-corrected chi connectivity index (χ1v) is 10.0. The van der Waals surface area contributed by atoms with Crippen LogP contribution in [0.3, 0.4) is 0 Å². The number of hydrogen-bond donors (Lipinski definition) is 0. The molecule has 0 unspecified atom stereocenters. The number of nitrogens with zero attached hydrogens (tertiary/aromatic N) is 2. The van der Waals surface area contributed by atoms with E-state index in [4.69, 9.17) is 4.98 Å². The molecule has 0 aliphatic heterocycles. The average molecular weight is 392 g/mol. The molecule has 4 aromatic rings. The van der Waals surface area contributed by atoms with Crippen LogP contribution in [0, 0.1) is 17.0 Å². The number of pyridine rings is 1. The first-order valence-electron chi connectivity index (χ1n) is 10.0. The lowest BCUT2D eigenvalue weighted by Gasteiger charge is -2.23. The van der Waals surface area contributed by atoms with E-state index in [0.717, 1.165) is 40.9 Å². The monoisotopic (exact) mass is 392 g/mol. The highest BCUT2D eigenvalue weighted by Gasteiger charge is 2.22. The Bertz CT molecular complexity index is 1260. The average Bonchev–Trinajstić information content (AvgIpc) is 2.79. The van der Waals surface area contributed by atoms with Crippen LogP contribution in [-0.2, 0) is 12.8 Å². The molecule has 0 atom stereocenters. The molecule has 1 aliphatic rings. The fraction of sp³-hybridized carbons (Fsp3) is 0.115. The maximum absolute atomic E-state index is 11.1. The highest BCUT2D eigenvalue weighted by Crippen LogP contribution is 2.40. The Hall–Kier alpha value is -3.79. The van der Waals surface area contributed by atoms with Crippen molar-refractivity contribution in [2.24, 2.45) is 0 Å². The normalized spacial score (nSPS) is 12.2. The molecule has 4 nitrogen and oxygen atoms in total. The van der Waals surface area contributed by atoms with Crippen LogP contribution in [0.5, 0.6) is 0 Å². The van der Waals surface area contributed by atoms with E-state index in [1.165, 1.54) is 22.3 Å². The Morgan fingerprint density at radius 3 is 2.27 bits per heavy atom. The minimum atomic E-state index is -0.361. The van der Waals surface area contributed by atoms with Crippen LogP contribution >= 0.6 is 0 Å². The third-order valence-electron chi connectivity index (χ3n) is 5.78. The molecule has 0 amide bonds. The Morgan fingerprint density at radius 1 is 0.833 bits per heavy atom. The lowest BCUT2D eigenvalue weighted by atomic mass is 9.84. The van der Waals surface area contributed by atoms with Crippen molar-refractivity contribution in [3.63, 3.8) is 0 Å². The summed E-state index contributed by atoms with van der Waals surface area (Å²) in [4.78, 5) is 15.8. The molecule has 3 aromatic carbocycles. The van der Waals surface area contributed by atoms with Crippen LogP contribution in [0.15, 0.2) is 78.9 Å². The summed E-state index contributed by atoms with van der Waals surface area (Å²) in [5.41, 5.74) is 10.1. The van der Waals surface area contributed by atoms with Gasteiger partial charge in [0.1, 0.15) is 0 Å². The van der Waals surface area contributed by atoms with Gasteiger partial charge >= 0.3 is 0 Å². The van der Waals surface area contributed by atoms with Gasteiger partial charge in [-0.25, -0.2) is 4.98 Å². The topological polar surface area (TPSA) is 56.0 Å². The second-order valence-corrected chi connectivity index (χ2v) is 7.71. The van der Waals surface area contributed by atoms with Gasteiger partial charge in [0.05, 0.1) is 16.3 Å². The fourth-order valence-electron chi connectivity index (χ4n) is 4.17. The highest BCUT2D eigenvalue weighted by atomic mass is 16.6. The zero-order valence-electron chi connectivity index (χ0n) is 16.6. The summed E-state index contributed by atoms with van der Waals surface area (Å²) in [6.45, 7) is 2.07. The molecule has 30 heavy (non-hydrogen) atoms. The Labute approximate surface area is 175 Å². The second-order valence-electron chi connectivity index (χ2n) is 7.71. The summed E-state index contributed by atoms with van der Waals surface area (Å²) in [7, 11) is 0. The van der Waals surface area contributed by atoms with E-state index in [1.807, 2.05) is 12.1 Å². The molecule has 0 N–H and O–H groups in total. The van der Waals surface area contributed by atoms with Gasteiger partial charge < -0.3 is 0 Å². The van der Waals surface area contributed by atoms with Crippen LogP contribution in [0.4, 0.5) is 5.69 Å². The van der Waals surface area contributed by atoms with Gasteiger partial charge in [-0.05, 0) is 60.2 Å². The van der Waals surface area contributed by atoms with Crippen molar-refractivity contribution in [1.29, 1.82) is 0 Å². The highest BCUT2D eigenvalue weighted by molar-refractivity contribution is 5.83. The molecule has 0 radical (unpaired) electrons. The summed E-state index contributed by atoms with van der Waals surface area (Å²) in [5.74, 6) is 0. The molecule has 5 rings (SSSR count). The van der Waals surface area contributed by atoms with Crippen molar-refractivity contribution >= 4 is 5.69 Å². The minimum absolute atomic E-state index is 0.103. The van der Waals surface area contributed by atoms with E-state index in [2.05, 4.69) is 61.5 Å². The molecule has 0 bridgehead atoms. The predicted octanol–water partition coefficient (Wildman–Crippen LogP) is 6.40. The lowest BCUT2D eigenvalue weighted by Crippen LogP contribution is -2.08. The lowest BCUT2D eigenvalue weighted by molar-refractivity contribution is -0.384. The third-order valence-corrected chi connectivity index (χ3v) is 5.78. The standard InChI is InChI=1S/C26H20N2O2/c1-17-6-8-20(9-7-17)25-16-24(19-10-13-21(14-11-19)28(29)30)23-15-12-18-4-2-3-5-22(18)26(23)27-25/h2-11,13-14,16H,12,15H2,1H3. The molecule has 0 fully saturated rings. The molecule has 146 valence electrons. The third kappa shape index (κ3) is 3.16. The molecular weight excluding hydrogens is 372 g/mol. The van der Waals surface area contributed by atoms with Crippen molar-refractivity contribution in [2.45, 2.75) is 19.8 Å². The van der Waals surface area contributed by atoms with Gasteiger partial charge in [0.15, 0.2) is 0 Å². The van der Waals surface area contributed by atoms with Gasteiger partial charge in [0.25, 0.3) is 5.69 Å². The van der Waals surface area contributed by atoms with Crippen LogP contribution in [0.2, 0.25) is 0 Å². The van der Waals surface area contributed by atoms with Crippen molar-refractivity contribution in [3.05, 3.63) is 106 Å². The minimum Gasteiger partial charge on any atom is -0.258 e. The van der Waals surface area contributed by atoms with Crippen LogP contribution in [0.25, 0.3) is 33.6 Å². The number of aromatic nitrogens is 1. The van der Waals surface area contributed by atoms with Crippen LogP contribution < -0.4 is 0 Å². The van der Waals surface area contributed by atoms with Gasteiger partial charge in [0.2, 0.25) is 0 Å². The second kappa shape index (κ2) is 7.23. The quantitative estimate of drug-likeness (QED) is 0.299. The van der Waals surface area contributed by atoms with Gasteiger partial charge in [-0.15, -0.1) is 0 Å². The smallest absolute Gasteiger partial charge is 0.258 e. The summed E-state index contributed by atoms with van der Waals surface area (Å²) in [6.07, 6.45) is 1.87. The van der Waals surface area contributed by atoms with Crippen molar-refractivity contribution in [3.8, 4) is 33.6 Å². The number of nitro groups is 1. The molecule has 1 aromatic heterocycles. The summed E-state index contributed by atoms with van der Waals surface area (Å²) in [5, 5.41) is 11.1. The number of hydrogen-bond acceptors (Lipinski definition) is 3. The van der Waals surface area contributed by atoms with Crippen molar-refractivity contribution in [2.75, 3.05) is 0 Å². The summed E-state index contributed by atoms with van der Waals surface area (Å²) in [6, 6.07) is 25.8. The van der Waals surface area contributed by atoms with E-state index in [0.29, 0.717) is 0 Å². The Balaban J connectivity index is 1.74. The molecule has 0 saturated heterocycles. The maximum Gasteiger partial charge on any atom is 0.269 e. The van der Waals surface area contributed by atoms with Crippen LogP contribution in [-0.4, -0.2) is 9.91 Å². The van der Waals surface area contributed by atoms with E-state index >= 15 is 0 Å². The largest absolute Gasteiger partial charge is 0.269 e. The molecule has 1 heterocycles. The van der Waals surface area contributed by atoms with Gasteiger partial charge in [-0.3, -0.25) is 10.1 Å². The SMILES string of the molecule is Cc1ccc(-c2cc(-c3ccc([N+](=O)[O-])cc3)c3c(n2)-c2ccccc2CC3)cc1. The number of benzene rings is 3. The van der Waals surface area contributed by atoms with E-state index in [9.17, 15) is 10.1 Å². The van der Waals surface area contributed by atoms with E-state index in [1.54, 1.807) is 12.1 Å². The number of rotatable bonds is 3. The number of non-ortho nitro benzene ring substituents is 1. The first-order chi connectivity index (χ1) is 14.6. The zero-order valence-corrected chi connectivity index (χ0v) is 16.6. The van der Waals surface area contributed by atoms with Gasteiger partial charge in [-0.2, -0.15) is 0 Å². The van der Waals surface area contributed by atoms with Crippen molar-refractivity contribution < 1.29 is 4.92 Å². The zero-order chi connectivity index (χ0) is 20.7. The fourth-order valence-corrected chi connectivity index (χ4v) is 4.17. The van der Waals surface area contributed by atoms with E-state index in [-0.39, 0.29) is 10.6 Å². The number of aryl methyl sites for hydroxylation is 2. The Kier molecular flexibility index (Phi) is 4.40. The number of nitro benzene ring substituents is 1. The predicted molar refractivity (Wildman–Crippen MR) is 119 cm³/mol. The van der Waals surface area contributed by atoms with Crippen LogP contribution in [0.1, 0.15) is 16.7 Å². The molecule has 0 spiro atoms. The molecule has 0 saturated carbocycles.